The Bertz CT molecular complexity index is 1150. The number of nitrogens with zero attached hydrogens (tertiary/aromatic N) is 2. The van der Waals surface area contributed by atoms with Crippen LogP contribution >= 0.6 is 0 Å². The van der Waals surface area contributed by atoms with Crippen LogP contribution in [0.5, 0.6) is 0 Å². The Balaban J connectivity index is 1.58. The zero-order valence-electron chi connectivity index (χ0n) is 16.4. The number of fused-ring (bicyclic) bond motifs is 1. The van der Waals surface area contributed by atoms with Crippen LogP contribution in [0.15, 0.2) is 59.5 Å². The zero-order chi connectivity index (χ0) is 20.6. The highest BCUT2D eigenvalue weighted by Crippen LogP contribution is 2.28. The van der Waals surface area contributed by atoms with E-state index in [-0.39, 0.29) is 16.8 Å². The van der Waals surface area contributed by atoms with Gasteiger partial charge < -0.3 is 5.32 Å². The van der Waals surface area contributed by atoms with Crippen molar-refractivity contribution in [3.63, 3.8) is 0 Å². The monoisotopic (exact) mass is 409 g/mol. The summed E-state index contributed by atoms with van der Waals surface area (Å²) in [6, 6.07) is 16.2. The van der Waals surface area contributed by atoms with Gasteiger partial charge in [-0.3, -0.25) is 4.79 Å². The summed E-state index contributed by atoms with van der Waals surface area (Å²) in [5, 5.41) is 7.62. The summed E-state index contributed by atoms with van der Waals surface area (Å²) in [7, 11) is -3.24. The second-order valence-electron chi connectivity index (χ2n) is 7.41. The third kappa shape index (κ3) is 3.82. The smallest absolute Gasteiger partial charge is 0.272 e. The molecular formula is C22H23N3O3S. The molecule has 1 atom stereocenters. The average Bonchev–Trinajstić information content (AvgIpc) is 3.30. The first-order chi connectivity index (χ1) is 13.8. The van der Waals surface area contributed by atoms with Crippen molar-refractivity contribution in [2.24, 2.45) is 0 Å². The van der Waals surface area contributed by atoms with E-state index in [0.717, 1.165) is 41.8 Å². The largest absolute Gasteiger partial charge is 0.344 e. The molecule has 29 heavy (non-hydrogen) atoms. The fourth-order valence-electron chi connectivity index (χ4n) is 3.75. The molecule has 1 aromatic heterocycles. The lowest BCUT2D eigenvalue weighted by atomic mass is 10.1. The number of aromatic nitrogens is 2. The lowest BCUT2D eigenvalue weighted by Gasteiger charge is -2.14. The van der Waals surface area contributed by atoms with E-state index in [4.69, 9.17) is 0 Å². The molecule has 0 saturated carbocycles. The van der Waals surface area contributed by atoms with E-state index in [1.54, 1.807) is 24.3 Å². The van der Waals surface area contributed by atoms with Crippen molar-refractivity contribution in [2.75, 3.05) is 6.26 Å². The number of carbonyl (C=O) groups excluding carboxylic acids is 1. The fourth-order valence-corrected chi connectivity index (χ4v) is 4.39. The second-order valence-corrected chi connectivity index (χ2v) is 9.43. The van der Waals surface area contributed by atoms with E-state index in [0.29, 0.717) is 5.69 Å². The predicted octanol–water partition coefficient (Wildman–Crippen LogP) is 3.26. The van der Waals surface area contributed by atoms with Crippen LogP contribution < -0.4 is 5.32 Å². The summed E-state index contributed by atoms with van der Waals surface area (Å²) in [6.07, 6.45) is 3.95. The molecule has 150 valence electrons. The highest BCUT2D eigenvalue weighted by molar-refractivity contribution is 7.90. The second kappa shape index (κ2) is 7.48. The molecule has 1 N–H and O–H groups in total. The molecule has 1 unspecified atom stereocenters. The number of carbonyl (C=O) groups is 1. The van der Waals surface area contributed by atoms with Crippen LogP contribution in [0.3, 0.4) is 0 Å². The summed E-state index contributed by atoms with van der Waals surface area (Å²) in [5.41, 5.74) is 4.39. The minimum atomic E-state index is -3.24. The molecular weight excluding hydrogens is 386 g/mol. The predicted molar refractivity (Wildman–Crippen MR) is 111 cm³/mol. The Kier molecular flexibility index (Phi) is 5.00. The highest BCUT2D eigenvalue weighted by Gasteiger charge is 2.27. The van der Waals surface area contributed by atoms with Crippen molar-refractivity contribution in [1.82, 2.24) is 15.1 Å². The maximum Gasteiger partial charge on any atom is 0.272 e. The molecule has 0 fully saturated rings. The Hall–Kier alpha value is -2.93. The standard InChI is InChI=1S/C22H23N3O3S/c1-15(16-11-13-18(14-12-16)29(2,27)28)23-22(26)21-19-9-6-10-20(19)25(24-21)17-7-4-3-5-8-17/h3-5,7-8,11-15H,6,9-10H2,1-2H3,(H,23,26). The number of benzene rings is 2. The van der Waals surface area contributed by atoms with Crippen molar-refractivity contribution >= 4 is 15.7 Å². The van der Waals surface area contributed by atoms with E-state index in [1.165, 1.54) is 6.26 Å². The van der Waals surface area contributed by atoms with Crippen molar-refractivity contribution in [3.8, 4) is 5.69 Å². The molecule has 3 aromatic rings. The summed E-state index contributed by atoms with van der Waals surface area (Å²) < 4.78 is 25.1. The molecule has 7 heteroatoms. The Morgan fingerprint density at radius 1 is 1.07 bits per heavy atom. The molecule has 2 aromatic carbocycles. The van der Waals surface area contributed by atoms with E-state index in [9.17, 15) is 13.2 Å². The summed E-state index contributed by atoms with van der Waals surface area (Å²) in [6.45, 7) is 1.88. The van der Waals surface area contributed by atoms with Gasteiger partial charge in [0.2, 0.25) is 0 Å². The summed E-state index contributed by atoms with van der Waals surface area (Å²) >= 11 is 0. The SMILES string of the molecule is CC(NC(=O)c1nn(-c2ccccc2)c2c1CCC2)c1ccc(S(C)(=O)=O)cc1. The van der Waals surface area contributed by atoms with Crippen LogP contribution in [-0.4, -0.2) is 30.4 Å². The lowest BCUT2D eigenvalue weighted by Crippen LogP contribution is -2.28. The number of para-hydroxylation sites is 1. The van der Waals surface area contributed by atoms with E-state index in [1.807, 2.05) is 41.9 Å². The highest BCUT2D eigenvalue weighted by atomic mass is 32.2. The minimum Gasteiger partial charge on any atom is -0.344 e. The van der Waals surface area contributed by atoms with E-state index >= 15 is 0 Å². The first-order valence-corrected chi connectivity index (χ1v) is 11.5. The lowest BCUT2D eigenvalue weighted by molar-refractivity contribution is 0.0933. The summed E-state index contributed by atoms with van der Waals surface area (Å²) in [4.78, 5) is 13.2. The van der Waals surface area contributed by atoms with Crippen molar-refractivity contribution in [3.05, 3.63) is 77.1 Å². The number of hydrogen-bond acceptors (Lipinski definition) is 4. The van der Waals surface area contributed by atoms with Crippen LogP contribution in [0.2, 0.25) is 0 Å². The molecule has 4 rings (SSSR count). The van der Waals surface area contributed by atoms with Gasteiger partial charge in [0.1, 0.15) is 0 Å². The van der Waals surface area contributed by atoms with Crippen molar-refractivity contribution in [2.45, 2.75) is 37.1 Å². The summed E-state index contributed by atoms with van der Waals surface area (Å²) in [5.74, 6) is -0.211. The first kappa shape index (κ1) is 19.4. The number of amides is 1. The molecule has 0 spiro atoms. The quantitative estimate of drug-likeness (QED) is 0.701. The van der Waals surface area contributed by atoms with Gasteiger partial charge in [-0.2, -0.15) is 5.10 Å². The Morgan fingerprint density at radius 2 is 1.76 bits per heavy atom. The van der Waals surface area contributed by atoms with Gasteiger partial charge in [0.15, 0.2) is 15.5 Å². The number of nitrogens with one attached hydrogen (secondary N) is 1. The van der Waals surface area contributed by atoms with E-state index < -0.39 is 9.84 Å². The number of sulfone groups is 1. The van der Waals surface area contributed by atoms with Crippen LogP contribution in [-0.2, 0) is 22.7 Å². The van der Waals surface area contributed by atoms with E-state index in [2.05, 4.69) is 10.4 Å². The van der Waals surface area contributed by atoms with Crippen LogP contribution in [0.25, 0.3) is 5.69 Å². The number of hydrogen-bond donors (Lipinski definition) is 1. The van der Waals surface area contributed by atoms with Gasteiger partial charge in [-0.1, -0.05) is 30.3 Å². The van der Waals surface area contributed by atoms with Crippen LogP contribution in [0.1, 0.15) is 46.7 Å². The van der Waals surface area contributed by atoms with Crippen molar-refractivity contribution in [1.29, 1.82) is 0 Å². The minimum absolute atomic E-state index is 0.211. The molecule has 0 saturated heterocycles. The molecule has 6 nitrogen and oxygen atoms in total. The third-order valence-corrected chi connectivity index (χ3v) is 6.43. The fraction of sp³-hybridized carbons (Fsp3) is 0.273. The van der Waals surface area contributed by atoms with Crippen LogP contribution in [0.4, 0.5) is 0 Å². The van der Waals surface area contributed by atoms with Gasteiger partial charge in [-0.15, -0.1) is 0 Å². The Morgan fingerprint density at radius 3 is 2.41 bits per heavy atom. The van der Waals surface area contributed by atoms with Gasteiger partial charge in [-0.25, -0.2) is 13.1 Å². The molecule has 0 bridgehead atoms. The van der Waals surface area contributed by atoms with Crippen LogP contribution in [0, 0.1) is 0 Å². The molecule has 0 aliphatic heterocycles. The van der Waals surface area contributed by atoms with Gasteiger partial charge >= 0.3 is 0 Å². The molecule has 1 heterocycles. The van der Waals surface area contributed by atoms with Gasteiger partial charge in [-0.05, 0) is 56.0 Å². The first-order valence-electron chi connectivity index (χ1n) is 9.61. The topological polar surface area (TPSA) is 81.1 Å². The molecule has 1 aliphatic carbocycles. The molecule has 1 amide bonds. The maximum absolute atomic E-state index is 13.0. The Labute approximate surface area is 170 Å². The van der Waals surface area contributed by atoms with Gasteiger partial charge in [0, 0.05) is 17.5 Å². The molecule has 0 radical (unpaired) electrons. The third-order valence-electron chi connectivity index (χ3n) is 5.30. The molecule has 1 aliphatic rings. The van der Waals surface area contributed by atoms with Gasteiger partial charge in [0.25, 0.3) is 5.91 Å². The zero-order valence-corrected chi connectivity index (χ0v) is 17.2. The normalized spacial score (nSPS) is 14.4. The number of rotatable bonds is 5. The average molecular weight is 410 g/mol. The van der Waals surface area contributed by atoms with Crippen molar-refractivity contribution < 1.29 is 13.2 Å². The maximum atomic E-state index is 13.0. The van der Waals surface area contributed by atoms with Gasteiger partial charge in [0.05, 0.1) is 16.6 Å².